The number of H-pyrrole nitrogens is 1. The number of aryl methyl sites for hydroxylation is 1. The smallest absolute Gasteiger partial charge is 0.288 e. The fourth-order valence-electron chi connectivity index (χ4n) is 4.71. The van der Waals surface area contributed by atoms with E-state index in [4.69, 9.17) is 16.0 Å². The van der Waals surface area contributed by atoms with Crippen molar-refractivity contribution in [3.05, 3.63) is 81.0 Å². The number of aromatic amines is 1. The van der Waals surface area contributed by atoms with Gasteiger partial charge in [0.2, 0.25) is 5.91 Å². The van der Waals surface area contributed by atoms with E-state index in [2.05, 4.69) is 21.2 Å². The van der Waals surface area contributed by atoms with Gasteiger partial charge in [-0.3, -0.25) is 9.59 Å². The Bertz CT molecular complexity index is 1510. The van der Waals surface area contributed by atoms with E-state index in [-0.39, 0.29) is 23.8 Å². The molecule has 4 rings (SSSR count). The Labute approximate surface area is 238 Å². The van der Waals surface area contributed by atoms with Crippen molar-refractivity contribution in [1.29, 1.82) is 0 Å². The second-order valence-electron chi connectivity index (χ2n) is 9.77. The maximum Gasteiger partial charge on any atom is 0.288 e. The van der Waals surface area contributed by atoms with Gasteiger partial charge in [0.1, 0.15) is 5.92 Å². The molecule has 2 aromatic carbocycles. The molecule has 2 N–H and O–H groups in total. The van der Waals surface area contributed by atoms with E-state index in [9.17, 15) is 9.59 Å². The van der Waals surface area contributed by atoms with Crippen LogP contribution in [0.2, 0.25) is 0 Å². The van der Waals surface area contributed by atoms with Crippen molar-refractivity contribution in [1.82, 2.24) is 9.88 Å². The number of methoxy groups -OCH3 is 2. The van der Waals surface area contributed by atoms with Crippen molar-refractivity contribution >= 4 is 39.7 Å². The summed E-state index contributed by atoms with van der Waals surface area (Å²) in [4.78, 5) is 36.2. The molecule has 0 fully saturated rings. The number of carbonyl (C=O) groups is 2. The summed E-state index contributed by atoms with van der Waals surface area (Å²) in [5.74, 6) is 0.663. The van der Waals surface area contributed by atoms with Crippen LogP contribution in [-0.4, -0.2) is 55.6 Å². The van der Waals surface area contributed by atoms with Gasteiger partial charge in [-0.2, -0.15) is 0 Å². The van der Waals surface area contributed by atoms with Gasteiger partial charge in [-0.25, -0.2) is 0 Å². The normalized spacial score (nSPS) is 12.4. The van der Waals surface area contributed by atoms with E-state index in [0.717, 1.165) is 29.4 Å². The van der Waals surface area contributed by atoms with E-state index in [0.29, 0.717) is 35.7 Å². The number of rotatable bonds is 12. The Morgan fingerprint density at radius 2 is 1.90 bits per heavy atom. The molecule has 0 aliphatic carbocycles. The third-order valence-corrected chi connectivity index (χ3v) is 7.94. The number of nitrogens with zero attached hydrogens (tertiary/aromatic N) is 2. The van der Waals surface area contributed by atoms with E-state index < -0.39 is 0 Å². The number of amides is 2. The molecule has 9 heteroatoms. The SMILES string of the molecule is C#[N+]C(Cc1cccs1)C(C)C(=O)N(C)CCCc1cc2cc(C(=O)Nc3ccc(OC)c(OC)c3)ccc2[nH]1. The second-order valence-corrected chi connectivity index (χ2v) is 10.8. The summed E-state index contributed by atoms with van der Waals surface area (Å²) in [5, 5.41) is 5.88. The Balaban J connectivity index is 1.32. The van der Waals surface area contributed by atoms with Crippen LogP contribution in [0.5, 0.6) is 11.5 Å². The minimum atomic E-state index is -0.297. The van der Waals surface area contributed by atoms with Crippen molar-refractivity contribution in [3.8, 4) is 18.1 Å². The van der Waals surface area contributed by atoms with Gasteiger partial charge < -0.3 is 24.7 Å². The van der Waals surface area contributed by atoms with Gasteiger partial charge >= 0.3 is 0 Å². The van der Waals surface area contributed by atoms with Crippen LogP contribution in [0.4, 0.5) is 5.69 Å². The fraction of sp³-hybridized carbons (Fsp3) is 0.323. The molecule has 2 amide bonds. The zero-order chi connectivity index (χ0) is 28.6. The summed E-state index contributed by atoms with van der Waals surface area (Å²) in [5.41, 5.74) is 3.17. The molecule has 2 heterocycles. The lowest BCUT2D eigenvalue weighted by Crippen LogP contribution is -2.37. The first kappa shape index (κ1) is 28.7. The molecule has 2 aromatic heterocycles. The molecule has 0 radical (unpaired) electrons. The predicted octanol–water partition coefficient (Wildman–Crippen LogP) is 6.10. The standard InChI is InChI=1S/C31H34N4O4S/c1-20(27(32-2)19-25-9-7-15-40-25)31(37)35(3)14-6-8-23-17-22-16-21(10-12-26(22)33-23)30(36)34-24-11-13-28(38-4)29(18-24)39-5/h2,7,9-13,15-18,20,27H,6,8,14,19H2,1,3-5H3,(H-,33,34,36)/p+1. The molecule has 2 unspecified atom stereocenters. The Kier molecular flexibility index (Phi) is 9.46. The summed E-state index contributed by atoms with van der Waals surface area (Å²) in [7, 11) is 4.95. The average molecular weight is 560 g/mol. The summed E-state index contributed by atoms with van der Waals surface area (Å²) in [6, 6.07) is 16.6. The monoisotopic (exact) mass is 559 g/mol. The van der Waals surface area contributed by atoms with E-state index in [1.165, 1.54) is 4.88 Å². The molecule has 0 spiro atoms. The van der Waals surface area contributed by atoms with Crippen molar-refractivity contribution in [3.63, 3.8) is 0 Å². The van der Waals surface area contributed by atoms with Gasteiger partial charge in [0.25, 0.3) is 18.5 Å². The van der Waals surface area contributed by atoms with Gasteiger partial charge in [0.05, 0.1) is 20.6 Å². The number of hydrogen-bond acceptors (Lipinski definition) is 5. The summed E-state index contributed by atoms with van der Waals surface area (Å²) in [6.07, 6.45) is 2.23. The first-order chi connectivity index (χ1) is 19.3. The Morgan fingerprint density at radius 1 is 1.10 bits per heavy atom. The van der Waals surface area contributed by atoms with Crippen LogP contribution in [-0.2, 0) is 17.6 Å². The second kappa shape index (κ2) is 13.2. The minimum absolute atomic E-state index is 0.0394. The van der Waals surface area contributed by atoms with E-state index in [1.54, 1.807) is 54.7 Å². The number of aromatic nitrogens is 1. The van der Waals surface area contributed by atoms with Crippen LogP contribution in [0.1, 0.15) is 34.3 Å². The summed E-state index contributed by atoms with van der Waals surface area (Å²) >= 11 is 1.65. The number of benzene rings is 2. The highest BCUT2D eigenvalue weighted by Gasteiger charge is 2.33. The molecule has 0 bridgehead atoms. The first-order valence-corrected chi connectivity index (χ1v) is 14.0. The Morgan fingerprint density at radius 3 is 2.60 bits per heavy atom. The fourth-order valence-corrected chi connectivity index (χ4v) is 5.46. The van der Waals surface area contributed by atoms with Crippen molar-refractivity contribution < 1.29 is 19.1 Å². The number of hydrogen-bond donors (Lipinski definition) is 2. The number of anilines is 1. The van der Waals surface area contributed by atoms with Crippen LogP contribution in [0, 0.1) is 12.5 Å². The molecule has 40 heavy (non-hydrogen) atoms. The predicted molar refractivity (Wildman–Crippen MR) is 161 cm³/mol. The number of carbonyl (C=O) groups excluding carboxylic acids is 2. The number of nitrogens with one attached hydrogen (secondary N) is 2. The maximum absolute atomic E-state index is 13.0. The minimum Gasteiger partial charge on any atom is -0.493 e. The lowest BCUT2D eigenvalue weighted by Gasteiger charge is -2.21. The van der Waals surface area contributed by atoms with Gasteiger partial charge in [0.15, 0.2) is 11.5 Å². The summed E-state index contributed by atoms with van der Waals surface area (Å²) in [6.45, 7) is 8.16. The van der Waals surface area contributed by atoms with Crippen LogP contribution < -0.4 is 14.8 Å². The van der Waals surface area contributed by atoms with Crippen LogP contribution in [0.15, 0.2) is 60.0 Å². The lowest BCUT2D eigenvalue weighted by molar-refractivity contribution is -0.134. The van der Waals surface area contributed by atoms with Gasteiger partial charge in [-0.15, -0.1) is 11.3 Å². The van der Waals surface area contributed by atoms with Crippen LogP contribution in [0.3, 0.4) is 0 Å². The third-order valence-electron chi connectivity index (χ3n) is 7.04. The van der Waals surface area contributed by atoms with Gasteiger partial charge in [-0.1, -0.05) is 10.9 Å². The Hall–Kier alpha value is -4.29. The number of fused-ring (bicyclic) bond motifs is 1. The van der Waals surface area contributed by atoms with E-state index in [1.807, 2.05) is 43.6 Å². The molecule has 4 aromatic rings. The highest BCUT2D eigenvalue weighted by molar-refractivity contribution is 7.09. The van der Waals surface area contributed by atoms with E-state index >= 15 is 0 Å². The van der Waals surface area contributed by atoms with Crippen molar-refractivity contribution in [2.75, 3.05) is 33.1 Å². The zero-order valence-corrected chi connectivity index (χ0v) is 24.1. The largest absolute Gasteiger partial charge is 0.493 e. The molecule has 0 aliphatic heterocycles. The molecule has 208 valence electrons. The highest BCUT2D eigenvalue weighted by Crippen LogP contribution is 2.30. The molecular weight excluding hydrogens is 524 g/mol. The lowest BCUT2D eigenvalue weighted by atomic mass is 9.97. The van der Waals surface area contributed by atoms with Gasteiger partial charge in [-0.05, 0) is 67.6 Å². The molecule has 8 nitrogen and oxygen atoms in total. The summed E-state index contributed by atoms with van der Waals surface area (Å²) < 4.78 is 10.6. The maximum atomic E-state index is 13.0. The van der Waals surface area contributed by atoms with Gasteiger partial charge in [0, 0.05) is 52.4 Å². The number of ether oxygens (including phenoxy) is 2. The first-order valence-electron chi connectivity index (χ1n) is 13.1. The zero-order valence-electron chi connectivity index (χ0n) is 23.3. The quantitative estimate of drug-likeness (QED) is 0.220. The molecule has 0 saturated carbocycles. The molecule has 0 saturated heterocycles. The van der Waals surface area contributed by atoms with Crippen molar-refractivity contribution in [2.45, 2.75) is 32.2 Å². The molecule has 0 aliphatic rings. The molecule has 2 atom stereocenters. The molecular formula is C31H35N4O4S+. The number of thiophene rings is 1. The average Bonchev–Trinajstić information content (AvgIpc) is 3.64. The van der Waals surface area contributed by atoms with Crippen LogP contribution in [0.25, 0.3) is 15.7 Å². The highest BCUT2D eigenvalue weighted by atomic mass is 32.1. The van der Waals surface area contributed by atoms with Crippen molar-refractivity contribution in [2.24, 2.45) is 5.92 Å². The topological polar surface area (TPSA) is 88.0 Å². The third kappa shape index (κ3) is 6.82. The van der Waals surface area contributed by atoms with Crippen LogP contribution >= 0.6 is 11.3 Å².